The van der Waals surface area contributed by atoms with Crippen LogP contribution in [0.25, 0.3) is 6.08 Å². The van der Waals surface area contributed by atoms with Gasteiger partial charge in [-0.15, -0.1) is 0 Å². The van der Waals surface area contributed by atoms with E-state index in [1.807, 2.05) is 0 Å². The highest BCUT2D eigenvalue weighted by Gasteiger charge is 2.30. The lowest BCUT2D eigenvalue weighted by Gasteiger charge is -2.11. The molecule has 160 valence electrons. The molecule has 0 aromatic heterocycles. The number of hydrogen-bond donors (Lipinski definition) is 1. The maximum Gasteiger partial charge on any atom is 0.416 e. The van der Waals surface area contributed by atoms with Crippen LogP contribution < -0.4 is 4.74 Å². The molecule has 0 fully saturated rings. The second-order valence-electron chi connectivity index (χ2n) is 7.32. The first-order valence-electron chi connectivity index (χ1n) is 9.46. The Morgan fingerprint density at radius 3 is 2.52 bits per heavy atom. The topological polar surface area (TPSA) is 29.5 Å². The highest BCUT2D eigenvalue weighted by atomic mass is 19.4. The van der Waals surface area contributed by atoms with Gasteiger partial charge in [-0.25, -0.2) is 8.78 Å². The van der Waals surface area contributed by atoms with E-state index in [-0.39, 0.29) is 6.61 Å². The van der Waals surface area contributed by atoms with Crippen LogP contribution in [-0.4, -0.2) is 5.11 Å². The molecule has 0 amide bonds. The Morgan fingerprint density at radius 1 is 0.968 bits per heavy atom. The maximum atomic E-state index is 13.3. The highest BCUT2D eigenvalue weighted by molar-refractivity contribution is 5.60. The third-order valence-electron chi connectivity index (χ3n) is 5.11. The number of hydrogen-bond acceptors (Lipinski definition) is 2. The van der Waals surface area contributed by atoms with Gasteiger partial charge in [-0.1, -0.05) is 30.3 Å². The van der Waals surface area contributed by atoms with Crippen LogP contribution >= 0.6 is 0 Å². The van der Waals surface area contributed by atoms with Crippen molar-refractivity contribution in [2.75, 3.05) is 0 Å². The van der Waals surface area contributed by atoms with Crippen molar-refractivity contribution in [3.8, 4) is 5.75 Å². The average molecular weight is 432 g/mol. The molecule has 1 aliphatic carbocycles. The van der Waals surface area contributed by atoms with Crippen molar-refractivity contribution in [1.29, 1.82) is 0 Å². The van der Waals surface area contributed by atoms with Crippen molar-refractivity contribution in [1.82, 2.24) is 0 Å². The van der Waals surface area contributed by atoms with Gasteiger partial charge in [0, 0.05) is 0 Å². The molecular formula is C24H17F5O2. The lowest BCUT2D eigenvalue weighted by Crippen LogP contribution is -2.04. The molecule has 3 aromatic rings. The quantitative estimate of drug-likeness (QED) is 0.495. The van der Waals surface area contributed by atoms with Crippen LogP contribution in [-0.2, 0) is 19.2 Å². The fourth-order valence-corrected chi connectivity index (χ4v) is 3.54. The Labute approximate surface area is 175 Å². The van der Waals surface area contributed by atoms with Crippen molar-refractivity contribution in [3.05, 3.63) is 106 Å². The van der Waals surface area contributed by atoms with E-state index >= 15 is 0 Å². The Kier molecular flexibility index (Phi) is 5.54. The summed E-state index contributed by atoms with van der Waals surface area (Å²) >= 11 is 0. The van der Waals surface area contributed by atoms with E-state index in [2.05, 4.69) is 0 Å². The Bertz CT molecular complexity index is 1150. The molecule has 31 heavy (non-hydrogen) atoms. The average Bonchev–Trinajstić information content (AvgIpc) is 3.03. The number of halogens is 5. The molecule has 0 saturated heterocycles. The molecule has 0 radical (unpaired) electrons. The number of rotatable bonds is 4. The fourth-order valence-electron chi connectivity index (χ4n) is 3.54. The molecule has 0 saturated carbocycles. The second kappa shape index (κ2) is 8.15. The standard InChI is InChI=1S/C24H17F5O2/c25-21-7-4-15(10-22(21)26)13-31-19-6-5-16-11-17(23(30)20(16)12-19)8-14-2-1-3-18(9-14)24(27,28)29/h1-10,12,23,30H,11,13H2/b17-8+. The summed E-state index contributed by atoms with van der Waals surface area (Å²) in [4.78, 5) is 0. The van der Waals surface area contributed by atoms with Gasteiger partial charge in [-0.3, -0.25) is 0 Å². The van der Waals surface area contributed by atoms with Gasteiger partial charge in [0.25, 0.3) is 0 Å². The summed E-state index contributed by atoms with van der Waals surface area (Å²) < 4.78 is 70.8. The smallest absolute Gasteiger partial charge is 0.416 e. The second-order valence-corrected chi connectivity index (χ2v) is 7.32. The number of ether oxygens (including phenoxy) is 1. The van der Waals surface area contributed by atoms with Gasteiger partial charge in [0.1, 0.15) is 18.5 Å². The van der Waals surface area contributed by atoms with Gasteiger partial charge in [0.2, 0.25) is 0 Å². The third kappa shape index (κ3) is 4.61. The molecule has 0 bridgehead atoms. The number of aliphatic hydroxyl groups excluding tert-OH is 1. The van der Waals surface area contributed by atoms with E-state index in [0.29, 0.717) is 34.4 Å². The molecule has 1 unspecified atom stereocenters. The number of benzene rings is 3. The Hall–Kier alpha value is -3.19. The zero-order chi connectivity index (χ0) is 22.2. The third-order valence-corrected chi connectivity index (χ3v) is 5.11. The van der Waals surface area contributed by atoms with Crippen molar-refractivity contribution >= 4 is 6.08 Å². The normalized spacial score (nSPS) is 17.1. The molecule has 0 spiro atoms. The van der Waals surface area contributed by atoms with Crippen LogP contribution in [0.1, 0.15) is 33.9 Å². The lowest BCUT2D eigenvalue weighted by atomic mass is 10.0. The van der Waals surface area contributed by atoms with Crippen molar-refractivity contribution in [2.45, 2.75) is 25.3 Å². The highest BCUT2D eigenvalue weighted by Crippen LogP contribution is 2.39. The first-order chi connectivity index (χ1) is 14.7. The van der Waals surface area contributed by atoms with Crippen LogP contribution in [0.3, 0.4) is 0 Å². The van der Waals surface area contributed by atoms with Crippen molar-refractivity contribution < 1.29 is 31.8 Å². The molecule has 3 aromatic carbocycles. The van der Waals surface area contributed by atoms with Crippen molar-refractivity contribution in [2.24, 2.45) is 0 Å². The summed E-state index contributed by atoms with van der Waals surface area (Å²) in [5.74, 6) is -1.47. The summed E-state index contributed by atoms with van der Waals surface area (Å²) in [7, 11) is 0. The first kappa shape index (κ1) is 21.1. The largest absolute Gasteiger partial charge is 0.489 e. The van der Waals surface area contributed by atoms with Crippen molar-refractivity contribution in [3.63, 3.8) is 0 Å². The molecule has 4 rings (SSSR count). The van der Waals surface area contributed by atoms with E-state index in [1.165, 1.54) is 12.1 Å². The zero-order valence-corrected chi connectivity index (χ0v) is 16.1. The SMILES string of the molecule is OC1/C(=C/c2cccc(C(F)(F)F)c2)Cc2ccc(OCc3ccc(F)c(F)c3)cc21. The van der Waals surface area contributed by atoms with Gasteiger partial charge < -0.3 is 9.84 Å². The summed E-state index contributed by atoms with van der Waals surface area (Å²) in [6.07, 6.45) is -3.46. The van der Waals surface area contributed by atoms with E-state index in [0.717, 1.165) is 29.8 Å². The lowest BCUT2D eigenvalue weighted by molar-refractivity contribution is -0.137. The zero-order valence-electron chi connectivity index (χ0n) is 16.1. The minimum absolute atomic E-state index is 0.0129. The Morgan fingerprint density at radius 2 is 1.77 bits per heavy atom. The minimum Gasteiger partial charge on any atom is -0.489 e. The Balaban J connectivity index is 1.51. The van der Waals surface area contributed by atoms with Gasteiger partial charge in [0.15, 0.2) is 11.6 Å². The molecule has 1 N–H and O–H groups in total. The van der Waals surface area contributed by atoms with Gasteiger partial charge in [0.05, 0.1) is 5.56 Å². The molecule has 1 aliphatic rings. The summed E-state index contributed by atoms with van der Waals surface area (Å²) in [5, 5.41) is 10.7. The number of fused-ring (bicyclic) bond motifs is 1. The summed E-state index contributed by atoms with van der Waals surface area (Å²) in [5.41, 5.74) is 2.07. The number of aliphatic hydroxyl groups is 1. The van der Waals surface area contributed by atoms with E-state index in [1.54, 1.807) is 30.3 Å². The maximum absolute atomic E-state index is 13.3. The van der Waals surface area contributed by atoms with Crippen LogP contribution in [0.4, 0.5) is 22.0 Å². The van der Waals surface area contributed by atoms with E-state index in [4.69, 9.17) is 4.74 Å². The van der Waals surface area contributed by atoms with Crippen LogP contribution in [0.15, 0.2) is 66.2 Å². The molecular weight excluding hydrogens is 415 g/mol. The molecule has 1 atom stereocenters. The molecule has 2 nitrogen and oxygen atoms in total. The monoisotopic (exact) mass is 432 g/mol. The summed E-state index contributed by atoms with van der Waals surface area (Å²) in [6, 6.07) is 13.5. The van der Waals surface area contributed by atoms with Gasteiger partial charge in [-0.2, -0.15) is 13.2 Å². The van der Waals surface area contributed by atoms with Crippen LogP contribution in [0, 0.1) is 11.6 Å². The number of alkyl halides is 3. The van der Waals surface area contributed by atoms with E-state index < -0.39 is 29.5 Å². The molecule has 7 heteroatoms. The summed E-state index contributed by atoms with van der Waals surface area (Å²) in [6.45, 7) is 0.0129. The van der Waals surface area contributed by atoms with E-state index in [9.17, 15) is 27.1 Å². The predicted molar refractivity (Wildman–Crippen MR) is 105 cm³/mol. The van der Waals surface area contributed by atoms with Crippen LogP contribution in [0.2, 0.25) is 0 Å². The predicted octanol–water partition coefficient (Wildman–Crippen LogP) is 6.24. The fraction of sp³-hybridized carbons (Fsp3) is 0.167. The first-order valence-corrected chi connectivity index (χ1v) is 9.46. The van der Waals surface area contributed by atoms with Gasteiger partial charge >= 0.3 is 6.18 Å². The minimum atomic E-state index is -4.44. The van der Waals surface area contributed by atoms with Gasteiger partial charge in [-0.05, 0) is 70.6 Å². The van der Waals surface area contributed by atoms with Crippen LogP contribution in [0.5, 0.6) is 5.75 Å². The molecule has 0 aliphatic heterocycles. The molecule has 0 heterocycles.